The van der Waals surface area contributed by atoms with Crippen molar-refractivity contribution in [3.8, 4) is 17.6 Å². The van der Waals surface area contributed by atoms with Crippen LogP contribution in [0.2, 0.25) is 0 Å². The number of hydrogen-bond acceptors (Lipinski definition) is 2. The van der Waals surface area contributed by atoms with E-state index < -0.39 is 11.6 Å². The maximum Gasteiger partial charge on any atom is 0.175 e. The quantitative estimate of drug-likeness (QED) is 0.761. The number of benzene rings is 2. The lowest BCUT2D eigenvalue weighted by Gasteiger charge is -2.08. The minimum absolute atomic E-state index is 0.0209. The van der Waals surface area contributed by atoms with Gasteiger partial charge in [-0.1, -0.05) is 0 Å². The third-order valence-electron chi connectivity index (χ3n) is 2.92. The first-order valence-electron chi connectivity index (χ1n) is 5.82. The highest BCUT2D eigenvalue weighted by Gasteiger charge is 2.11. The lowest BCUT2D eigenvalue weighted by Crippen LogP contribution is -1.91. The van der Waals surface area contributed by atoms with Gasteiger partial charge in [0.2, 0.25) is 0 Å². The summed E-state index contributed by atoms with van der Waals surface area (Å²) in [6.07, 6.45) is 1.63. The molecule has 0 amide bonds. The van der Waals surface area contributed by atoms with Crippen LogP contribution in [0.3, 0.4) is 0 Å². The topological polar surface area (TPSA) is 48.8 Å². The molecule has 20 heavy (non-hydrogen) atoms. The average Bonchev–Trinajstić information content (AvgIpc) is 2.93. The summed E-state index contributed by atoms with van der Waals surface area (Å²) < 4.78 is 32.7. The number of nitrogens with one attached hydrogen (secondary N) is 1. The number of hydrogen-bond donors (Lipinski definition) is 1. The van der Waals surface area contributed by atoms with E-state index in [1.165, 1.54) is 18.2 Å². The van der Waals surface area contributed by atoms with Gasteiger partial charge in [0.1, 0.15) is 17.6 Å². The molecule has 5 heteroatoms. The van der Waals surface area contributed by atoms with Crippen molar-refractivity contribution < 1.29 is 13.5 Å². The summed E-state index contributed by atoms with van der Waals surface area (Å²) in [6, 6.07) is 10.2. The van der Waals surface area contributed by atoms with Gasteiger partial charge in [-0.05, 0) is 30.3 Å². The van der Waals surface area contributed by atoms with Crippen molar-refractivity contribution in [1.82, 2.24) is 4.98 Å². The minimum Gasteiger partial charge on any atom is -0.454 e. The van der Waals surface area contributed by atoms with E-state index in [0.29, 0.717) is 10.9 Å². The number of ether oxygens (including phenoxy) is 1. The minimum atomic E-state index is -0.638. The van der Waals surface area contributed by atoms with E-state index in [0.717, 1.165) is 6.07 Å². The van der Waals surface area contributed by atoms with Gasteiger partial charge < -0.3 is 9.72 Å². The number of H-pyrrole nitrogens is 1. The fourth-order valence-corrected chi connectivity index (χ4v) is 1.94. The lowest BCUT2D eigenvalue weighted by molar-refractivity contribution is 0.444. The summed E-state index contributed by atoms with van der Waals surface area (Å²) in [7, 11) is 0. The van der Waals surface area contributed by atoms with E-state index in [9.17, 15) is 8.78 Å². The highest BCUT2D eigenvalue weighted by molar-refractivity contribution is 5.81. The molecule has 0 fully saturated rings. The number of aromatic nitrogens is 1. The predicted octanol–water partition coefficient (Wildman–Crippen LogP) is 4.11. The molecular weight excluding hydrogens is 262 g/mol. The van der Waals surface area contributed by atoms with Crippen molar-refractivity contribution in [2.45, 2.75) is 0 Å². The van der Waals surface area contributed by atoms with Crippen LogP contribution < -0.4 is 4.74 Å². The van der Waals surface area contributed by atoms with Crippen LogP contribution in [-0.2, 0) is 0 Å². The van der Waals surface area contributed by atoms with Crippen LogP contribution in [0.15, 0.2) is 42.6 Å². The molecule has 3 nitrogen and oxygen atoms in total. The van der Waals surface area contributed by atoms with Crippen LogP contribution in [0.25, 0.3) is 10.9 Å². The molecule has 98 valence electrons. The normalized spacial score (nSPS) is 10.4. The van der Waals surface area contributed by atoms with Gasteiger partial charge >= 0.3 is 0 Å². The van der Waals surface area contributed by atoms with E-state index in [1.54, 1.807) is 24.4 Å². The zero-order valence-electron chi connectivity index (χ0n) is 10.2. The first kappa shape index (κ1) is 12.2. The molecule has 0 saturated heterocycles. The largest absolute Gasteiger partial charge is 0.454 e. The Bertz CT molecular complexity index is 833. The monoisotopic (exact) mass is 270 g/mol. The number of fused-ring (bicyclic) bond motifs is 1. The van der Waals surface area contributed by atoms with Gasteiger partial charge in [-0.3, -0.25) is 0 Å². The van der Waals surface area contributed by atoms with Gasteiger partial charge in [-0.25, -0.2) is 8.78 Å². The third kappa shape index (κ3) is 1.97. The van der Waals surface area contributed by atoms with E-state index in [2.05, 4.69) is 4.98 Å². The molecule has 0 spiro atoms. The molecule has 0 bridgehead atoms. The molecule has 0 atom stereocenters. The Morgan fingerprint density at radius 1 is 1.10 bits per heavy atom. The summed E-state index contributed by atoms with van der Waals surface area (Å²) in [5.74, 6) is -0.919. The maximum atomic E-state index is 14.2. The SMILES string of the molecule is N#Cc1cc(Oc2ccc3[nH]ccc3c2F)ccc1F. The van der Waals surface area contributed by atoms with Crippen molar-refractivity contribution in [2.24, 2.45) is 0 Å². The Balaban J connectivity index is 2.01. The zero-order valence-corrected chi connectivity index (χ0v) is 10.2. The summed E-state index contributed by atoms with van der Waals surface area (Å²) in [4.78, 5) is 2.89. The van der Waals surface area contributed by atoms with E-state index in [4.69, 9.17) is 10.00 Å². The first-order valence-corrected chi connectivity index (χ1v) is 5.82. The molecule has 0 aliphatic heterocycles. The average molecular weight is 270 g/mol. The highest BCUT2D eigenvalue weighted by atomic mass is 19.1. The Morgan fingerprint density at radius 3 is 2.75 bits per heavy atom. The first-order chi connectivity index (χ1) is 9.69. The predicted molar refractivity (Wildman–Crippen MR) is 69.4 cm³/mol. The van der Waals surface area contributed by atoms with Crippen LogP contribution in [0, 0.1) is 23.0 Å². The Kier molecular flexibility index (Phi) is 2.84. The Morgan fingerprint density at radius 2 is 1.95 bits per heavy atom. The van der Waals surface area contributed by atoms with Crippen LogP contribution in [-0.4, -0.2) is 4.98 Å². The molecular formula is C15H8F2N2O. The number of nitriles is 1. The third-order valence-corrected chi connectivity index (χ3v) is 2.92. The van der Waals surface area contributed by atoms with Crippen molar-refractivity contribution in [1.29, 1.82) is 5.26 Å². The van der Waals surface area contributed by atoms with Crippen molar-refractivity contribution in [3.63, 3.8) is 0 Å². The van der Waals surface area contributed by atoms with Crippen LogP contribution >= 0.6 is 0 Å². The standard InChI is InChI=1S/C15H8F2N2O/c16-12-2-1-10(7-9(12)8-18)20-14-4-3-13-11(15(14)17)5-6-19-13/h1-7,19H. The summed E-state index contributed by atoms with van der Waals surface area (Å²) in [6.45, 7) is 0. The summed E-state index contributed by atoms with van der Waals surface area (Å²) in [5.41, 5.74) is 0.511. The smallest absolute Gasteiger partial charge is 0.175 e. The molecule has 0 saturated carbocycles. The van der Waals surface area contributed by atoms with Crippen molar-refractivity contribution in [3.05, 3.63) is 59.8 Å². The second-order valence-electron chi connectivity index (χ2n) is 4.17. The Labute approximate surface area is 113 Å². The molecule has 2 aromatic carbocycles. The molecule has 1 aromatic heterocycles. The molecule has 1 N–H and O–H groups in total. The highest BCUT2D eigenvalue weighted by Crippen LogP contribution is 2.30. The van der Waals surface area contributed by atoms with Gasteiger partial charge in [-0.15, -0.1) is 0 Å². The van der Waals surface area contributed by atoms with Crippen LogP contribution in [0.4, 0.5) is 8.78 Å². The Hall–Kier alpha value is -2.87. The van der Waals surface area contributed by atoms with Crippen molar-refractivity contribution >= 4 is 10.9 Å². The fraction of sp³-hybridized carbons (Fsp3) is 0. The van der Waals surface area contributed by atoms with Gasteiger partial charge in [-0.2, -0.15) is 5.26 Å². The van der Waals surface area contributed by atoms with E-state index >= 15 is 0 Å². The fourth-order valence-electron chi connectivity index (χ4n) is 1.94. The van der Waals surface area contributed by atoms with Gasteiger partial charge in [0, 0.05) is 23.2 Å². The second-order valence-corrected chi connectivity index (χ2v) is 4.17. The number of nitrogens with zero attached hydrogens (tertiary/aromatic N) is 1. The van der Waals surface area contributed by atoms with Gasteiger partial charge in [0.25, 0.3) is 0 Å². The molecule has 3 aromatic rings. The van der Waals surface area contributed by atoms with E-state index in [1.807, 2.05) is 0 Å². The van der Waals surface area contributed by atoms with Gasteiger partial charge in [0.05, 0.1) is 5.56 Å². The number of halogens is 2. The summed E-state index contributed by atoms with van der Waals surface area (Å²) in [5, 5.41) is 9.16. The van der Waals surface area contributed by atoms with Crippen LogP contribution in [0.1, 0.15) is 5.56 Å². The lowest BCUT2D eigenvalue weighted by atomic mass is 10.2. The number of aromatic amines is 1. The van der Waals surface area contributed by atoms with Crippen LogP contribution in [0.5, 0.6) is 11.5 Å². The molecule has 0 radical (unpaired) electrons. The molecule has 1 heterocycles. The second kappa shape index (κ2) is 4.67. The zero-order chi connectivity index (χ0) is 14.1. The molecule has 0 aliphatic carbocycles. The van der Waals surface area contributed by atoms with E-state index in [-0.39, 0.29) is 17.1 Å². The summed E-state index contributed by atoms with van der Waals surface area (Å²) >= 11 is 0. The molecule has 0 unspecified atom stereocenters. The maximum absolute atomic E-state index is 14.2. The number of rotatable bonds is 2. The van der Waals surface area contributed by atoms with Crippen molar-refractivity contribution in [2.75, 3.05) is 0 Å². The molecule has 3 rings (SSSR count). The van der Waals surface area contributed by atoms with Gasteiger partial charge in [0.15, 0.2) is 11.6 Å². The molecule has 0 aliphatic rings.